The number of carbonyl (C=O) groups is 1. The fourth-order valence-corrected chi connectivity index (χ4v) is 4.20. The maximum atomic E-state index is 11.5. The van der Waals surface area contributed by atoms with Crippen molar-refractivity contribution in [1.82, 2.24) is 4.98 Å². The molecule has 0 aliphatic rings. The Bertz CT molecular complexity index is 932. The van der Waals surface area contributed by atoms with Crippen LogP contribution in [0, 0.1) is 6.92 Å². The third-order valence-electron chi connectivity index (χ3n) is 4.60. The molecule has 5 heteroatoms. The van der Waals surface area contributed by atoms with Crippen molar-refractivity contribution >= 4 is 27.4 Å². The fraction of sp³-hybridized carbons (Fsp3) is 0.333. The summed E-state index contributed by atoms with van der Waals surface area (Å²) in [5, 5.41) is 12.4. The number of hydrogen-bond acceptors (Lipinski definition) is 4. The lowest BCUT2D eigenvalue weighted by Gasteiger charge is -2.11. The van der Waals surface area contributed by atoms with Gasteiger partial charge in [-0.15, -0.1) is 11.3 Å². The van der Waals surface area contributed by atoms with Crippen molar-refractivity contribution in [1.29, 1.82) is 0 Å². The Hall–Kier alpha value is -2.40. The molecular formula is C21H23NO3S. The summed E-state index contributed by atoms with van der Waals surface area (Å²) >= 11 is 1.56. The molecule has 136 valence electrons. The molecule has 1 unspecified atom stereocenters. The zero-order valence-electron chi connectivity index (χ0n) is 15.3. The summed E-state index contributed by atoms with van der Waals surface area (Å²) in [5.74, 6) is -0.440. The van der Waals surface area contributed by atoms with E-state index in [-0.39, 0.29) is 0 Å². The second-order valence-electron chi connectivity index (χ2n) is 6.35. The lowest BCUT2D eigenvalue weighted by molar-refractivity contribution is -0.138. The van der Waals surface area contributed by atoms with Crippen LogP contribution in [0.15, 0.2) is 35.7 Å². The quantitative estimate of drug-likeness (QED) is 0.612. The number of aromatic nitrogens is 1. The molecule has 0 fully saturated rings. The van der Waals surface area contributed by atoms with Crippen LogP contribution in [0.3, 0.4) is 0 Å². The maximum absolute atomic E-state index is 11.5. The van der Waals surface area contributed by atoms with E-state index < -0.39 is 11.9 Å². The Morgan fingerprint density at radius 3 is 2.77 bits per heavy atom. The summed E-state index contributed by atoms with van der Waals surface area (Å²) < 4.78 is 7.03. The van der Waals surface area contributed by atoms with Crippen molar-refractivity contribution in [3.8, 4) is 5.75 Å². The standard InChI is InChI=1S/C21H23NO3S/c1-4-16(21(23)24)18-12-26-20-10-15(8-9-17(18)20)25-11-14-7-6-13(3)22-19(14)5-2/h6-10,12,16H,4-5,11H2,1-3H3,(H,23,24). The van der Waals surface area contributed by atoms with Crippen molar-refractivity contribution in [3.05, 3.63) is 58.2 Å². The summed E-state index contributed by atoms with van der Waals surface area (Å²) in [6, 6.07) is 9.95. The lowest BCUT2D eigenvalue weighted by Crippen LogP contribution is -2.09. The van der Waals surface area contributed by atoms with E-state index >= 15 is 0 Å². The SMILES string of the molecule is CCc1nc(C)ccc1COc1ccc2c(C(CC)C(=O)O)csc2c1. The number of pyridine rings is 1. The van der Waals surface area contributed by atoms with Crippen LogP contribution >= 0.6 is 11.3 Å². The van der Waals surface area contributed by atoms with E-state index in [1.165, 1.54) is 0 Å². The third kappa shape index (κ3) is 3.73. The first-order valence-electron chi connectivity index (χ1n) is 8.85. The van der Waals surface area contributed by atoms with Gasteiger partial charge in [-0.1, -0.05) is 19.9 Å². The van der Waals surface area contributed by atoms with Gasteiger partial charge in [0.2, 0.25) is 0 Å². The smallest absolute Gasteiger partial charge is 0.311 e. The highest BCUT2D eigenvalue weighted by molar-refractivity contribution is 7.17. The number of carboxylic acid groups (broad SMARTS) is 1. The van der Waals surface area contributed by atoms with Crippen LogP contribution in [0.25, 0.3) is 10.1 Å². The summed E-state index contributed by atoms with van der Waals surface area (Å²) in [4.78, 5) is 16.0. The van der Waals surface area contributed by atoms with Gasteiger partial charge in [-0.05, 0) is 60.4 Å². The number of aliphatic carboxylic acids is 1. The molecule has 2 aromatic heterocycles. The fourth-order valence-electron chi connectivity index (χ4n) is 3.15. The molecular weight excluding hydrogens is 346 g/mol. The lowest BCUT2D eigenvalue weighted by atomic mass is 9.96. The number of aryl methyl sites for hydroxylation is 2. The number of hydrogen-bond donors (Lipinski definition) is 1. The molecule has 1 aromatic carbocycles. The summed E-state index contributed by atoms with van der Waals surface area (Å²) in [6.07, 6.45) is 1.46. The maximum Gasteiger partial charge on any atom is 0.311 e. The van der Waals surface area contributed by atoms with Crippen molar-refractivity contribution < 1.29 is 14.6 Å². The molecule has 1 atom stereocenters. The highest BCUT2D eigenvalue weighted by Gasteiger charge is 2.21. The Balaban J connectivity index is 1.81. The second-order valence-corrected chi connectivity index (χ2v) is 7.26. The Morgan fingerprint density at radius 1 is 1.27 bits per heavy atom. The first-order chi connectivity index (χ1) is 12.5. The van der Waals surface area contributed by atoms with Gasteiger partial charge in [0.25, 0.3) is 0 Å². The minimum Gasteiger partial charge on any atom is -0.489 e. The molecule has 0 amide bonds. The van der Waals surface area contributed by atoms with Crippen LogP contribution in [0.2, 0.25) is 0 Å². The van der Waals surface area contributed by atoms with E-state index in [4.69, 9.17) is 4.74 Å². The van der Waals surface area contributed by atoms with Gasteiger partial charge in [0, 0.05) is 21.7 Å². The Labute approximate surface area is 157 Å². The van der Waals surface area contributed by atoms with E-state index in [0.29, 0.717) is 13.0 Å². The van der Waals surface area contributed by atoms with Gasteiger partial charge in [-0.3, -0.25) is 9.78 Å². The summed E-state index contributed by atoms with van der Waals surface area (Å²) in [5.41, 5.74) is 4.07. The van der Waals surface area contributed by atoms with E-state index in [2.05, 4.69) is 18.0 Å². The third-order valence-corrected chi connectivity index (χ3v) is 5.56. The van der Waals surface area contributed by atoms with Crippen molar-refractivity contribution in [2.24, 2.45) is 0 Å². The van der Waals surface area contributed by atoms with Gasteiger partial charge in [0.1, 0.15) is 12.4 Å². The number of thiophene rings is 1. The van der Waals surface area contributed by atoms with Crippen molar-refractivity contribution in [3.63, 3.8) is 0 Å². The zero-order valence-corrected chi connectivity index (χ0v) is 16.1. The van der Waals surface area contributed by atoms with E-state index in [1.54, 1.807) is 11.3 Å². The van der Waals surface area contributed by atoms with Gasteiger partial charge >= 0.3 is 5.97 Å². The van der Waals surface area contributed by atoms with Crippen LogP contribution in [-0.4, -0.2) is 16.1 Å². The molecule has 4 nitrogen and oxygen atoms in total. The second kappa shape index (κ2) is 7.87. The monoisotopic (exact) mass is 369 g/mol. The predicted octanol–water partition coefficient (Wildman–Crippen LogP) is 5.32. The first-order valence-corrected chi connectivity index (χ1v) is 9.73. The molecule has 0 saturated heterocycles. The minimum absolute atomic E-state index is 0.457. The molecule has 1 N–H and O–H groups in total. The van der Waals surface area contributed by atoms with Gasteiger partial charge in [-0.2, -0.15) is 0 Å². The van der Waals surface area contributed by atoms with E-state index in [0.717, 1.165) is 44.8 Å². The van der Waals surface area contributed by atoms with Crippen LogP contribution in [0.5, 0.6) is 5.75 Å². The Kier molecular flexibility index (Phi) is 5.57. The highest BCUT2D eigenvalue weighted by atomic mass is 32.1. The van der Waals surface area contributed by atoms with Gasteiger partial charge in [0.05, 0.1) is 5.92 Å². The van der Waals surface area contributed by atoms with Crippen LogP contribution in [0.4, 0.5) is 0 Å². The molecule has 0 aliphatic heterocycles. The number of nitrogens with zero attached hydrogens (tertiary/aromatic N) is 1. The van der Waals surface area contributed by atoms with Crippen molar-refractivity contribution in [2.75, 3.05) is 0 Å². The van der Waals surface area contributed by atoms with Crippen LogP contribution in [0.1, 0.15) is 48.7 Å². The van der Waals surface area contributed by atoms with Gasteiger partial charge < -0.3 is 9.84 Å². The number of fused-ring (bicyclic) bond motifs is 1. The van der Waals surface area contributed by atoms with Gasteiger partial charge in [0.15, 0.2) is 0 Å². The molecule has 0 spiro atoms. The average Bonchev–Trinajstić information content (AvgIpc) is 3.04. The molecule has 2 heterocycles. The molecule has 0 radical (unpaired) electrons. The number of rotatable bonds is 7. The molecule has 3 aromatic rings. The van der Waals surface area contributed by atoms with Crippen LogP contribution < -0.4 is 4.74 Å². The minimum atomic E-state index is -0.772. The van der Waals surface area contributed by atoms with Crippen LogP contribution in [-0.2, 0) is 17.8 Å². The van der Waals surface area contributed by atoms with Crippen molar-refractivity contribution in [2.45, 2.75) is 46.1 Å². The average molecular weight is 369 g/mol. The number of ether oxygens (including phenoxy) is 1. The highest BCUT2D eigenvalue weighted by Crippen LogP contribution is 2.35. The first kappa shape index (κ1) is 18.4. The number of benzene rings is 1. The Morgan fingerprint density at radius 2 is 2.08 bits per heavy atom. The summed E-state index contributed by atoms with van der Waals surface area (Å²) in [7, 11) is 0. The predicted molar refractivity (Wildman–Crippen MR) is 105 cm³/mol. The molecule has 0 bridgehead atoms. The molecule has 3 rings (SSSR count). The molecule has 0 saturated carbocycles. The largest absolute Gasteiger partial charge is 0.489 e. The molecule has 0 aliphatic carbocycles. The molecule has 26 heavy (non-hydrogen) atoms. The zero-order chi connectivity index (χ0) is 18.7. The summed E-state index contributed by atoms with van der Waals surface area (Å²) in [6.45, 7) is 6.47. The normalized spacial score (nSPS) is 12.3. The number of carboxylic acids is 1. The topological polar surface area (TPSA) is 59.4 Å². The van der Waals surface area contributed by atoms with Gasteiger partial charge in [-0.25, -0.2) is 0 Å². The van der Waals surface area contributed by atoms with E-state index in [9.17, 15) is 9.90 Å². The van der Waals surface area contributed by atoms with E-state index in [1.807, 2.05) is 43.5 Å².